The van der Waals surface area contributed by atoms with Crippen molar-refractivity contribution in [2.75, 3.05) is 13.1 Å². The number of amides is 1. The summed E-state index contributed by atoms with van der Waals surface area (Å²) in [7, 11) is 0. The molecule has 30 heavy (non-hydrogen) atoms. The number of carbonyl (C=O) groups is 1. The number of ether oxygens (including phenoxy) is 2. The molecule has 4 rings (SSSR count). The number of carbonyl (C=O) groups excluding carboxylic acids is 1. The lowest BCUT2D eigenvalue weighted by Gasteiger charge is -2.33. The number of benzene rings is 2. The largest absolute Gasteiger partial charge is 0.490 e. The fourth-order valence-electron chi connectivity index (χ4n) is 3.66. The minimum absolute atomic E-state index is 0.114. The van der Waals surface area contributed by atoms with Gasteiger partial charge in [-0.05, 0) is 61.5 Å². The highest BCUT2D eigenvalue weighted by Crippen LogP contribution is 2.27. The summed E-state index contributed by atoms with van der Waals surface area (Å²) in [5.74, 6) is 0.861. The average molecular weight is 405 g/mol. The predicted molar refractivity (Wildman–Crippen MR) is 119 cm³/mol. The second-order valence-electron chi connectivity index (χ2n) is 8.75. The highest BCUT2D eigenvalue weighted by Gasteiger charge is 2.27. The number of nitrogens with zero attached hydrogens (tertiary/aromatic N) is 2. The smallest absolute Gasteiger partial charge is 0.410 e. The predicted octanol–water partition coefficient (Wildman–Crippen LogP) is 5.68. The number of hydrogen-bond acceptors (Lipinski definition) is 4. The number of aromatic nitrogens is 1. The molecule has 1 aromatic heterocycles. The lowest BCUT2D eigenvalue weighted by molar-refractivity contribution is 0.0126. The summed E-state index contributed by atoms with van der Waals surface area (Å²) < 4.78 is 11.6. The van der Waals surface area contributed by atoms with Gasteiger partial charge in [0.1, 0.15) is 17.5 Å². The van der Waals surface area contributed by atoms with Crippen molar-refractivity contribution in [1.82, 2.24) is 9.88 Å². The zero-order chi connectivity index (χ0) is 21.1. The molecule has 2 heterocycles. The second kappa shape index (κ2) is 8.34. The molecule has 0 N–H and O–H groups in total. The molecule has 0 saturated carbocycles. The van der Waals surface area contributed by atoms with Crippen LogP contribution >= 0.6 is 0 Å². The van der Waals surface area contributed by atoms with Crippen LogP contribution in [0.5, 0.6) is 5.75 Å². The van der Waals surface area contributed by atoms with E-state index in [9.17, 15) is 4.79 Å². The van der Waals surface area contributed by atoms with E-state index in [1.54, 1.807) is 4.90 Å². The maximum absolute atomic E-state index is 12.2. The normalized spacial score (nSPS) is 15.2. The van der Waals surface area contributed by atoms with E-state index in [1.807, 2.05) is 51.4 Å². The first-order chi connectivity index (χ1) is 14.4. The topological polar surface area (TPSA) is 51.7 Å². The third kappa shape index (κ3) is 4.90. The summed E-state index contributed by atoms with van der Waals surface area (Å²) >= 11 is 0. The molecule has 0 aliphatic carbocycles. The minimum Gasteiger partial charge on any atom is -0.490 e. The Labute approximate surface area is 177 Å². The van der Waals surface area contributed by atoms with E-state index < -0.39 is 5.60 Å². The summed E-state index contributed by atoms with van der Waals surface area (Å²) in [6.45, 7) is 6.98. The highest BCUT2D eigenvalue weighted by atomic mass is 16.6. The number of fused-ring (bicyclic) bond motifs is 1. The molecular formula is C25H28N2O3. The second-order valence-corrected chi connectivity index (χ2v) is 8.75. The molecular weight excluding hydrogens is 376 g/mol. The van der Waals surface area contributed by atoms with E-state index >= 15 is 0 Å². The van der Waals surface area contributed by atoms with Gasteiger partial charge in [-0.25, -0.2) is 4.79 Å². The van der Waals surface area contributed by atoms with Crippen LogP contribution in [0.15, 0.2) is 60.9 Å². The van der Waals surface area contributed by atoms with Crippen LogP contribution in [-0.2, 0) is 4.74 Å². The van der Waals surface area contributed by atoms with Crippen LogP contribution in [0.3, 0.4) is 0 Å². The van der Waals surface area contributed by atoms with Crippen LogP contribution in [0.2, 0.25) is 0 Å². The average Bonchev–Trinajstić information content (AvgIpc) is 2.73. The number of rotatable bonds is 3. The van der Waals surface area contributed by atoms with Crippen molar-refractivity contribution in [2.24, 2.45) is 0 Å². The summed E-state index contributed by atoms with van der Waals surface area (Å²) in [4.78, 5) is 18.1. The lowest BCUT2D eigenvalue weighted by atomic mass is 10.0. The molecule has 5 nitrogen and oxygen atoms in total. The van der Waals surface area contributed by atoms with E-state index in [0.29, 0.717) is 13.1 Å². The van der Waals surface area contributed by atoms with E-state index in [-0.39, 0.29) is 12.2 Å². The zero-order valence-corrected chi connectivity index (χ0v) is 17.8. The summed E-state index contributed by atoms with van der Waals surface area (Å²) in [6, 6.07) is 16.6. The molecule has 5 heteroatoms. The Balaban J connectivity index is 1.34. The molecule has 156 valence electrons. The Morgan fingerprint density at radius 3 is 2.37 bits per heavy atom. The van der Waals surface area contributed by atoms with Crippen molar-refractivity contribution in [2.45, 2.75) is 45.3 Å². The van der Waals surface area contributed by atoms with Crippen LogP contribution in [-0.4, -0.2) is 40.8 Å². The van der Waals surface area contributed by atoms with Crippen LogP contribution in [0, 0.1) is 0 Å². The fourth-order valence-corrected chi connectivity index (χ4v) is 3.66. The van der Waals surface area contributed by atoms with E-state index in [1.165, 1.54) is 10.9 Å². The maximum atomic E-state index is 12.2. The van der Waals surface area contributed by atoms with Gasteiger partial charge in [0.2, 0.25) is 0 Å². The van der Waals surface area contributed by atoms with Gasteiger partial charge in [0.15, 0.2) is 0 Å². The van der Waals surface area contributed by atoms with E-state index in [4.69, 9.17) is 9.47 Å². The Morgan fingerprint density at radius 1 is 0.967 bits per heavy atom. The van der Waals surface area contributed by atoms with Crippen molar-refractivity contribution in [3.8, 4) is 16.9 Å². The molecule has 1 aliphatic rings. The Bertz CT molecular complexity index is 1020. The van der Waals surface area contributed by atoms with Gasteiger partial charge in [-0.3, -0.25) is 4.98 Å². The maximum Gasteiger partial charge on any atom is 0.410 e. The molecule has 2 aromatic carbocycles. The van der Waals surface area contributed by atoms with Crippen molar-refractivity contribution in [3.05, 3.63) is 60.9 Å². The summed E-state index contributed by atoms with van der Waals surface area (Å²) in [6.07, 6.45) is 5.18. The van der Waals surface area contributed by atoms with Crippen LogP contribution in [0.4, 0.5) is 4.79 Å². The molecule has 0 bridgehead atoms. The number of likely N-dealkylation sites (tertiary alicyclic amines) is 1. The molecule has 0 radical (unpaired) electrons. The van der Waals surface area contributed by atoms with Gasteiger partial charge in [0.05, 0.1) is 0 Å². The highest BCUT2D eigenvalue weighted by molar-refractivity contribution is 5.86. The first kappa shape index (κ1) is 20.2. The molecule has 1 amide bonds. The van der Waals surface area contributed by atoms with Gasteiger partial charge in [0, 0.05) is 43.7 Å². The van der Waals surface area contributed by atoms with Crippen LogP contribution < -0.4 is 4.74 Å². The molecule has 1 aliphatic heterocycles. The summed E-state index contributed by atoms with van der Waals surface area (Å²) in [5, 5.41) is 2.32. The fraction of sp³-hybridized carbons (Fsp3) is 0.360. The minimum atomic E-state index is -0.464. The number of hydrogen-bond donors (Lipinski definition) is 0. The Kier molecular flexibility index (Phi) is 5.62. The van der Waals surface area contributed by atoms with Crippen LogP contribution in [0.1, 0.15) is 33.6 Å². The zero-order valence-electron chi connectivity index (χ0n) is 17.8. The van der Waals surface area contributed by atoms with E-state index in [0.717, 1.165) is 29.5 Å². The van der Waals surface area contributed by atoms with Gasteiger partial charge in [0.25, 0.3) is 0 Å². The van der Waals surface area contributed by atoms with Gasteiger partial charge in [-0.15, -0.1) is 0 Å². The molecule has 1 fully saturated rings. The molecule has 0 atom stereocenters. The van der Waals surface area contributed by atoms with Crippen molar-refractivity contribution in [1.29, 1.82) is 0 Å². The van der Waals surface area contributed by atoms with Gasteiger partial charge in [-0.2, -0.15) is 0 Å². The third-order valence-electron chi connectivity index (χ3n) is 5.22. The third-order valence-corrected chi connectivity index (χ3v) is 5.22. The summed E-state index contributed by atoms with van der Waals surface area (Å²) in [5.41, 5.74) is 1.86. The Morgan fingerprint density at radius 2 is 1.67 bits per heavy atom. The van der Waals surface area contributed by atoms with Crippen molar-refractivity contribution in [3.63, 3.8) is 0 Å². The van der Waals surface area contributed by atoms with E-state index in [2.05, 4.69) is 35.3 Å². The van der Waals surface area contributed by atoms with Gasteiger partial charge >= 0.3 is 6.09 Å². The monoisotopic (exact) mass is 404 g/mol. The van der Waals surface area contributed by atoms with Crippen molar-refractivity contribution < 1.29 is 14.3 Å². The lowest BCUT2D eigenvalue weighted by Crippen LogP contribution is -2.44. The SMILES string of the molecule is CC(C)(C)OC(=O)N1CCC(Oc2ccc(-c3ccc4cnccc4c3)cc2)CC1. The number of pyridine rings is 1. The first-order valence-electron chi connectivity index (χ1n) is 10.5. The molecule has 0 spiro atoms. The standard InChI is InChI=1S/C25H28N2O3/c1-25(2,3)30-24(28)27-14-11-23(12-15-27)29-22-8-6-18(7-9-22)19-4-5-21-17-26-13-10-20(21)16-19/h4-10,13,16-17,23H,11-12,14-15H2,1-3H3. The molecule has 3 aromatic rings. The quantitative estimate of drug-likeness (QED) is 0.563. The van der Waals surface area contributed by atoms with Crippen LogP contribution in [0.25, 0.3) is 21.9 Å². The van der Waals surface area contributed by atoms with Gasteiger partial charge in [-0.1, -0.05) is 24.3 Å². The van der Waals surface area contributed by atoms with Gasteiger partial charge < -0.3 is 14.4 Å². The molecule has 1 saturated heterocycles. The molecule has 0 unspecified atom stereocenters. The number of piperidine rings is 1. The first-order valence-corrected chi connectivity index (χ1v) is 10.5. The van der Waals surface area contributed by atoms with Crippen molar-refractivity contribution >= 4 is 16.9 Å². The Hall–Kier alpha value is -3.08.